The Labute approximate surface area is 129 Å². The number of nitrogens with zero attached hydrogens (tertiary/aromatic N) is 1. The molecule has 0 radical (unpaired) electrons. The number of hydrogen-bond donors (Lipinski definition) is 1. The molecule has 3 nitrogen and oxygen atoms in total. The molecule has 114 valence electrons. The molecule has 1 N–H and O–H groups in total. The van der Waals surface area contributed by atoms with E-state index in [1.165, 1.54) is 12.1 Å². The van der Waals surface area contributed by atoms with Crippen LogP contribution in [-0.4, -0.2) is 20.0 Å². The molecule has 2 aromatic rings. The van der Waals surface area contributed by atoms with Crippen LogP contribution in [-0.2, 0) is 10.2 Å². The zero-order valence-electron chi connectivity index (χ0n) is 12.8. The molecular weight excluding hydrogens is 279 g/mol. The summed E-state index contributed by atoms with van der Waals surface area (Å²) in [4.78, 5) is 14.6. The lowest BCUT2D eigenvalue weighted by Gasteiger charge is -2.18. The summed E-state index contributed by atoms with van der Waals surface area (Å²) in [5.41, 5.74) is 2.20. The van der Waals surface area contributed by atoms with Crippen molar-refractivity contribution >= 4 is 17.3 Å². The molecule has 0 aliphatic heterocycles. The lowest BCUT2D eigenvalue weighted by atomic mass is 9.95. The Morgan fingerprint density at radius 2 is 1.82 bits per heavy atom. The molecule has 0 atom stereocenters. The SMILES string of the molecule is CN(C)c1cccc(NC(=O)C2(c3ccc(F)cc3)CC2)c1. The van der Waals surface area contributed by atoms with Crippen LogP contribution >= 0.6 is 0 Å². The standard InChI is InChI=1S/C18H19FN2O/c1-21(2)16-5-3-4-15(12-16)20-17(22)18(10-11-18)13-6-8-14(19)9-7-13/h3-9,12H,10-11H2,1-2H3,(H,20,22). The molecule has 0 heterocycles. The first-order valence-corrected chi connectivity index (χ1v) is 7.36. The topological polar surface area (TPSA) is 32.3 Å². The van der Waals surface area contributed by atoms with Gasteiger partial charge in [-0.15, -0.1) is 0 Å². The van der Waals surface area contributed by atoms with E-state index in [0.29, 0.717) is 0 Å². The molecule has 0 saturated heterocycles. The number of carbonyl (C=O) groups excluding carboxylic acids is 1. The van der Waals surface area contributed by atoms with Crippen LogP contribution < -0.4 is 10.2 Å². The van der Waals surface area contributed by atoms with Gasteiger partial charge in [-0.1, -0.05) is 18.2 Å². The van der Waals surface area contributed by atoms with Crippen LogP contribution in [0.1, 0.15) is 18.4 Å². The Hall–Kier alpha value is -2.36. The van der Waals surface area contributed by atoms with Gasteiger partial charge in [0.15, 0.2) is 0 Å². The number of hydrogen-bond acceptors (Lipinski definition) is 2. The number of benzene rings is 2. The van der Waals surface area contributed by atoms with Crippen molar-refractivity contribution < 1.29 is 9.18 Å². The predicted molar refractivity (Wildman–Crippen MR) is 86.7 cm³/mol. The van der Waals surface area contributed by atoms with Gasteiger partial charge in [0.25, 0.3) is 0 Å². The number of anilines is 2. The molecule has 1 saturated carbocycles. The molecule has 1 amide bonds. The summed E-state index contributed by atoms with van der Waals surface area (Å²) in [7, 11) is 3.92. The predicted octanol–water partition coefficient (Wildman–Crippen LogP) is 3.56. The van der Waals surface area contributed by atoms with E-state index in [4.69, 9.17) is 0 Å². The summed E-state index contributed by atoms with van der Waals surface area (Å²) >= 11 is 0. The van der Waals surface area contributed by atoms with E-state index in [9.17, 15) is 9.18 Å². The molecule has 0 bridgehead atoms. The molecule has 3 rings (SSSR count). The maximum absolute atomic E-state index is 13.1. The van der Waals surface area contributed by atoms with Crippen molar-refractivity contribution in [3.05, 3.63) is 59.9 Å². The summed E-state index contributed by atoms with van der Waals surface area (Å²) in [5.74, 6) is -0.298. The Bertz CT molecular complexity index is 690. The van der Waals surface area contributed by atoms with E-state index in [0.717, 1.165) is 29.8 Å². The van der Waals surface area contributed by atoms with E-state index >= 15 is 0 Å². The molecular formula is C18H19FN2O. The van der Waals surface area contributed by atoms with Gasteiger partial charge < -0.3 is 10.2 Å². The van der Waals surface area contributed by atoms with Gasteiger partial charge >= 0.3 is 0 Å². The Balaban J connectivity index is 1.80. The molecule has 0 aromatic heterocycles. The average Bonchev–Trinajstić information content (AvgIpc) is 3.30. The van der Waals surface area contributed by atoms with Gasteiger partial charge in [0.2, 0.25) is 5.91 Å². The molecule has 4 heteroatoms. The van der Waals surface area contributed by atoms with Crippen molar-refractivity contribution in [3.63, 3.8) is 0 Å². The van der Waals surface area contributed by atoms with Gasteiger partial charge in [0.05, 0.1) is 5.41 Å². The number of halogens is 1. The van der Waals surface area contributed by atoms with Crippen molar-refractivity contribution in [2.45, 2.75) is 18.3 Å². The van der Waals surface area contributed by atoms with Gasteiger partial charge in [-0.3, -0.25) is 4.79 Å². The fourth-order valence-electron chi connectivity index (χ4n) is 2.65. The smallest absolute Gasteiger partial charge is 0.235 e. The highest BCUT2D eigenvalue weighted by Gasteiger charge is 2.51. The first-order chi connectivity index (χ1) is 10.5. The average molecular weight is 298 g/mol. The summed E-state index contributed by atoms with van der Waals surface area (Å²) in [5, 5.41) is 2.99. The maximum Gasteiger partial charge on any atom is 0.235 e. The highest BCUT2D eigenvalue weighted by Crippen LogP contribution is 2.49. The Morgan fingerprint density at radius 1 is 1.14 bits per heavy atom. The van der Waals surface area contributed by atoms with E-state index in [-0.39, 0.29) is 11.7 Å². The quantitative estimate of drug-likeness (QED) is 0.936. The van der Waals surface area contributed by atoms with Gasteiger partial charge in [0, 0.05) is 25.5 Å². The van der Waals surface area contributed by atoms with Crippen LogP contribution in [0, 0.1) is 5.82 Å². The van der Waals surface area contributed by atoms with Crippen molar-refractivity contribution in [3.8, 4) is 0 Å². The third-order valence-electron chi connectivity index (χ3n) is 4.20. The monoisotopic (exact) mass is 298 g/mol. The second kappa shape index (κ2) is 5.44. The second-order valence-electron chi connectivity index (χ2n) is 5.99. The van der Waals surface area contributed by atoms with E-state index in [1.807, 2.05) is 43.3 Å². The van der Waals surface area contributed by atoms with E-state index in [1.54, 1.807) is 12.1 Å². The highest BCUT2D eigenvalue weighted by atomic mass is 19.1. The number of rotatable bonds is 4. The van der Waals surface area contributed by atoms with Gasteiger partial charge in [-0.2, -0.15) is 0 Å². The van der Waals surface area contributed by atoms with Crippen LogP contribution in [0.25, 0.3) is 0 Å². The Kier molecular flexibility index (Phi) is 3.61. The van der Waals surface area contributed by atoms with Crippen LogP contribution in [0.4, 0.5) is 15.8 Å². The molecule has 0 unspecified atom stereocenters. The zero-order valence-corrected chi connectivity index (χ0v) is 12.8. The van der Waals surface area contributed by atoms with Gasteiger partial charge in [-0.05, 0) is 48.7 Å². The molecule has 0 spiro atoms. The molecule has 22 heavy (non-hydrogen) atoms. The minimum atomic E-state index is -0.498. The van der Waals surface area contributed by atoms with Crippen molar-refractivity contribution in [1.29, 1.82) is 0 Å². The summed E-state index contributed by atoms with van der Waals surface area (Å²) < 4.78 is 13.1. The van der Waals surface area contributed by atoms with Crippen LogP contribution in [0.15, 0.2) is 48.5 Å². The lowest BCUT2D eigenvalue weighted by Crippen LogP contribution is -2.27. The first-order valence-electron chi connectivity index (χ1n) is 7.36. The molecule has 1 fully saturated rings. The zero-order chi connectivity index (χ0) is 15.7. The third-order valence-corrected chi connectivity index (χ3v) is 4.20. The summed E-state index contributed by atoms with van der Waals surface area (Å²) in [6.07, 6.45) is 1.61. The number of amides is 1. The fraction of sp³-hybridized carbons (Fsp3) is 0.278. The Morgan fingerprint density at radius 3 is 2.41 bits per heavy atom. The van der Waals surface area contributed by atoms with E-state index in [2.05, 4.69) is 5.32 Å². The maximum atomic E-state index is 13.1. The van der Waals surface area contributed by atoms with Crippen LogP contribution in [0.5, 0.6) is 0 Å². The van der Waals surface area contributed by atoms with Crippen molar-refractivity contribution in [2.75, 3.05) is 24.3 Å². The third kappa shape index (κ3) is 2.69. The summed E-state index contributed by atoms with van der Waals surface area (Å²) in [6.45, 7) is 0. The van der Waals surface area contributed by atoms with Crippen molar-refractivity contribution in [2.24, 2.45) is 0 Å². The van der Waals surface area contributed by atoms with Crippen LogP contribution in [0.3, 0.4) is 0 Å². The minimum absolute atomic E-state index is 0.0185. The number of nitrogens with one attached hydrogen (secondary N) is 1. The fourth-order valence-corrected chi connectivity index (χ4v) is 2.65. The molecule has 1 aliphatic carbocycles. The second-order valence-corrected chi connectivity index (χ2v) is 5.99. The lowest BCUT2D eigenvalue weighted by molar-refractivity contribution is -0.118. The van der Waals surface area contributed by atoms with Gasteiger partial charge in [-0.25, -0.2) is 4.39 Å². The van der Waals surface area contributed by atoms with Crippen molar-refractivity contribution in [1.82, 2.24) is 0 Å². The minimum Gasteiger partial charge on any atom is -0.378 e. The molecule has 1 aliphatic rings. The summed E-state index contributed by atoms with van der Waals surface area (Å²) in [6, 6.07) is 14.0. The largest absolute Gasteiger partial charge is 0.378 e. The first kappa shape index (κ1) is 14.6. The normalized spacial score (nSPS) is 15.2. The number of carbonyl (C=O) groups is 1. The van der Waals surface area contributed by atoms with Gasteiger partial charge in [0.1, 0.15) is 5.82 Å². The highest BCUT2D eigenvalue weighted by molar-refractivity contribution is 6.01. The van der Waals surface area contributed by atoms with E-state index < -0.39 is 5.41 Å². The molecule has 2 aromatic carbocycles. The van der Waals surface area contributed by atoms with Crippen LogP contribution in [0.2, 0.25) is 0 Å².